The van der Waals surface area contributed by atoms with Gasteiger partial charge in [0.15, 0.2) is 11.9 Å². The van der Waals surface area contributed by atoms with Crippen LogP contribution in [0.4, 0.5) is 4.39 Å². The number of amides is 1. The van der Waals surface area contributed by atoms with Crippen LogP contribution in [0.15, 0.2) is 76.6 Å². The Balaban J connectivity index is 1.50. The van der Waals surface area contributed by atoms with Crippen LogP contribution in [0.2, 0.25) is 0 Å². The lowest BCUT2D eigenvalue weighted by Gasteiger charge is -2.24. The summed E-state index contributed by atoms with van der Waals surface area (Å²) in [6.07, 6.45) is 3.29. The van der Waals surface area contributed by atoms with E-state index in [9.17, 15) is 9.18 Å². The Morgan fingerprint density at radius 3 is 2.75 bits per heavy atom. The first-order valence-corrected chi connectivity index (χ1v) is 8.91. The summed E-state index contributed by atoms with van der Waals surface area (Å²) >= 11 is 0. The van der Waals surface area contributed by atoms with Gasteiger partial charge in [0.05, 0.1) is 18.5 Å². The second-order valence-electron chi connectivity index (χ2n) is 6.44. The van der Waals surface area contributed by atoms with Crippen LogP contribution in [-0.4, -0.2) is 34.2 Å². The molecule has 3 heterocycles. The van der Waals surface area contributed by atoms with Gasteiger partial charge in [0.1, 0.15) is 11.5 Å². The zero-order valence-electron chi connectivity index (χ0n) is 15.0. The van der Waals surface area contributed by atoms with Crippen molar-refractivity contribution >= 4 is 11.6 Å². The molecule has 0 saturated carbocycles. The van der Waals surface area contributed by atoms with E-state index >= 15 is 0 Å². The number of carbonyl (C=O) groups excluding carboxylic acids is 1. The van der Waals surface area contributed by atoms with Gasteiger partial charge >= 0.3 is 0 Å². The fraction of sp³-hybridized carbons (Fsp3) is 0.190. The Morgan fingerprint density at radius 1 is 1.14 bits per heavy atom. The molecule has 0 spiro atoms. The van der Waals surface area contributed by atoms with E-state index < -0.39 is 0 Å². The molecule has 0 bridgehead atoms. The minimum absolute atomic E-state index is 0.102. The summed E-state index contributed by atoms with van der Waals surface area (Å²) in [4.78, 5) is 24.2. The molecule has 1 aliphatic rings. The minimum Gasteiger partial charge on any atom is -0.459 e. The number of nitrogens with zero attached hydrogens (tertiary/aromatic N) is 3. The van der Waals surface area contributed by atoms with E-state index in [1.807, 2.05) is 18.2 Å². The second-order valence-corrected chi connectivity index (χ2v) is 6.44. The fourth-order valence-corrected chi connectivity index (χ4v) is 3.06. The van der Waals surface area contributed by atoms with Gasteiger partial charge in [-0.25, -0.2) is 4.39 Å². The number of hydrogen-bond donors (Lipinski definition) is 0. The Kier molecular flexibility index (Phi) is 5.14. The number of carbonyl (C=O) groups is 1. The number of oxime groups is 1. The first-order chi connectivity index (χ1) is 13.7. The molecule has 4 rings (SSSR count). The van der Waals surface area contributed by atoms with Gasteiger partial charge < -0.3 is 14.2 Å². The molecule has 28 heavy (non-hydrogen) atoms. The molecule has 3 aromatic rings. The number of rotatable bonds is 6. The molecule has 0 unspecified atom stereocenters. The smallest absolute Gasteiger partial charge is 0.289 e. The highest BCUT2D eigenvalue weighted by atomic mass is 19.1. The van der Waals surface area contributed by atoms with Crippen molar-refractivity contribution in [2.45, 2.75) is 19.1 Å². The molecule has 0 radical (unpaired) electrons. The predicted molar refractivity (Wildman–Crippen MR) is 100 cm³/mol. The Hall–Kier alpha value is -3.48. The van der Waals surface area contributed by atoms with Crippen LogP contribution in [0.3, 0.4) is 0 Å². The topological polar surface area (TPSA) is 67.9 Å². The quantitative estimate of drug-likeness (QED) is 0.656. The van der Waals surface area contributed by atoms with Crippen LogP contribution in [0.25, 0.3) is 0 Å². The van der Waals surface area contributed by atoms with Crippen molar-refractivity contribution in [3.8, 4) is 0 Å². The number of pyridine rings is 1. The SMILES string of the molecule is O=C(c1ccco1)N(Cc1ccccc1F)C[C@@H]1CC(c2ccccn2)=NO1. The van der Waals surface area contributed by atoms with Crippen molar-refractivity contribution in [3.63, 3.8) is 0 Å². The zero-order chi connectivity index (χ0) is 19.3. The van der Waals surface area contributed by atoms with Gasteiger partial charge in [-0.2, -0.15) is 0 Å². The van der Waals surface area contributed by atoms with E-state index in [1.165, 1.54) is 17.2 Å². The lowest BCUT2D eigenvalue weighted by molar-refractivity contribution is 0.0385. The molecule has 0 fully saturated rings. The molecule has 1 atom stereocenters. The van der Waals surface area contributed by atoms with Crippen LogP contribution in [-0.2, 0) is 11.4 Å². The van der Waals surface area contributed by atoms with E-state index in [0.29, 0.717) is 12.0 Å². The highest BCUT2D eigenvalue weighted by Crippen LogP contribution is 2.20. The predicted octanol–water partition coefficient (Wildman–Crippen LogP) is 3.65. The molecule has 142 valence electrons. The lowest BCUT2D eigenvalue weighted by atomic mass is 10.1. The summed E-state index contributed by atoms with van der Waals surface area (Å²) in [6, 6.07) is 15.2. The molecule has 7 heteroatoms. The van der Waals surface area contributed by atoms with Crippen molar-refractivity contribution in [3.05, 3.63) is 89.9 Å². The number of aromatic nitrogens is 1. The van der Waals surface area contributed by atoms with E-state index in [1.54, 1.807) is 36.5 Å². The fourth-order valence-electron chi connectivity index (χ4n) is 3.06. The highest BCUT2D eigenvalue weighted by Gasteiger charge is 2.29. The normalized spacial score (nSPS) is 15.8. The van der Waals surface area contributed by atoms with Crippen LogP contribution in [0, 0.1) is 5.82 Å². The van der Waals surface area contributed by atoms with Crippen molar-refractivity contribution in [2.24, 2.45) is 5.16 Å². The van der Waals surface area contributed by atoms with Crippen molar-refractivity contribution in [1.29, 1.82) is 0 Å². The van der Waals surface area contributed by atoms with Gasteiger partial charge in [0.2, 0.25) is 0 Å². The maximum Gasteiger partial charge on any atom is 0.289 e. The van der Waals surface area contributed by atoms with E-state index in [0.717, 1.165) is 11.4 Å². The molecular formula is C21H18FN3O3. The molecule has 1 aromatic carbocycles. The molecule has 0 N–H and O–H groups in total. The highest BCUT2D eigenvalue weighted by molar-refractivity contribution is 5.99. The van der Waals surface area contributed by atoms with Crippen LogP contribution in [0.1, 0.15) is 28.2 Å². The molecule has 2 aromatic heterocycles. The Morgan fingerprint density at radius 2 is 2.00 bits per heavy atom. The lowest BCUT2D eigenvalue weighted by Crippen LogP contribution is -2.37. The largest absolute Gasteiger partial charge is 0.459 e. The van der Waals surface area contributed by atoms with E-state index in [2.05, 4.69) is 10.1 Å². The third-order valence-corrected chi connectivity index (χ3v) is 4.46. The third-order valence-electron chi connectivity index (χ3n) is 4.46. The van der Waals surface area contributed by atoms with Crippen LogP contribution < -0.4 is 0 Å². The molecule has 1 amide bonds. The Bertz CT molecular complexity index is 974. The van der Waals surface area contributed by atoms with Gasteiger partial charge in [-0.15, -0.1) is 0 Å². The first kappa shape index (κ1) is 17.9. The molecular weight excluding hydrogens is 361 g/mol. The van der Waals surface area contributed by atoms with E-state index in [4.69, 9.17) is 9.25 Å². The summed E-state index contributed by atoms with van der Waals surface area (Å²) in [7, 11) is 0. The summed E-state index contributed by atoms with van der Waals surface area (Å²) in [5.41, 5.74) is 1.89. The average Bonchev–Trinajstić information content (AvgIpc) is 3.41. The summed E-state index contributed by atoms with van der Waals surface area (Å²) in [5.74, 6) is -0.499. The molecule has 0 aliphatic carbocycles. The van der Waals surface area contributed by atoms with Gasteiger partial charge in [-0.3, -0.25) is 9.78 Å². The molecule has 1 aliphatic heterocycles. The minimum atomic E-state index is -0.363. The van der Waals surface area contributed by atoms with Gasteiger partial charge in [-0.05, 0) is 30.3 Å². The maximum absolute atomic E-state index is 14.1. The molecule has 6 nitrogen and oxygen atoms in total. The number of furan rings is 1. The average molecular weight is 379 g/mol. The standard InChI is InChI=1S/C21H18FN3O3/c22-17-7-2-1-6-15(17)13-25(21(26)20-9-5-11-27-20)14-16-12-19(24-28-16)18-8-3-4-10-23-18/h1-11,16H,12-14H2/t16-/m0/s1. The van der Waals surface area contributed by atoms with Gasteiger partial charge in [-0.1, -0.05) is 29.4 Å². The summed E-state index contributed by atoms with van der Waals surface area (Å²) in [5, 5.41) is 4.11. The van der Waals surface area contributed by atoms with Crippen molar-refractivity contribution in [1.82, 2.24) is 9.88 Å². The summed E-state index contributed by atoms with van der Waals surface area (Å²) < 4.78 is 19.4. The summed E-state index contributed by atoms with van der Waals surface area (Å²) in [6.45, 7) is 0.346. The van der Waals surface area contributed by atoms with Crippen LogP contribution in [0.5, 0.6) is 0 Å². The van der Waals surface area contributed by atoms with E-state index in [-0.39, 0.29) is 36.7 Å². The second kappa shape index (κ2) is 8.04. The van der Waals surface area contributed by atoms with Crippen molar-refractivity contribution < 1.29 is 18.4 Å². The zero-order valence-corrected chi connectivity index (χ0v) is 15.0. The number of hydrogen-bond acceptors (Lipinski definition) is 5. The number of benzene rings is 1. The van der Waals surface area contributed by atoms with Crippen LogP contribution >= 0.6 is 0 Å². The van der Waals surface area contributed by atoms with Gasteiger partial charge in [0.25, 0.3) is 5.91 Å². The Labute approximate surface area is 161 Å². The third kappa shape index (κ3) is 3.93. The number of halogens is 1. The first-order valence-electron chi connectivity index (χ1n) is 8.91. The monoisotopic (exact) mass is 379 g/mol. The van der Waals surface area contributed by atoms with Crippen molar-refractivity contribution in [2.75, 3.05) is 6.54 Å². The van der Waals surface area contributed by atoms with Gasteiger partial charge in [0, 0.05) is 24.7 Å². The maximum atomic E-state index is 14.1. The molecule has 0 saturated heterocycles.